The van der Waals surface area contributed by atoms with Crippen LogP contribution in [0.2, 0.25) is 0 Å². The van der Waals surface area contributed by atoms with Crippen LogP contribution >= 0.6 is 0 Å². The molecule has 0 saturated carbocycles. The van der Waals surface area contributed by atoms with Crippen LogP contribution in [0.1, 0.15) is 23.1 Å². The molecular formula is C12H12O2. The van der Waals surface area contributed by atoms with Crippen molar-refractivity contribution in [2.24, 2.45) is 0 Å². The Kier molecular flexibility index (Phi) is 2.12. The van der Waals surface area contributed by atoms with Crippen LogP contribution in [0.4, 0.5) is 0 Å². The number of benzene rings is 1. The predicted octanol–water partition coefficient (Wildman–Crippen LogP) is 2.59. The standard InChI is InChI=1S/C12H12O2/c1-8-3-4-10(7-9(8)2)11-5-6-12(13)14-11/h3-5,7H,6H2,1-2H3. The third-order valence-electron chi connectivity index (χ3n) is 2.47. The van der Waals surface area contributed by atoms with Gasteiger partial charge in [-0.05, 0) is 37.1 Å². The van der Waals surface area contributed by atoms with Crippen molar-refractivity contribution in [2.45, 2.75) is 20.3 Å². The largest absolute Gasteiger partial charge is 0.426 e. The number of ether oxygens (including phenoxy) is 1. The van der Waals surface area contributed by atoms with Gasteiger partial charge in [0.2, 0.25) is 0 Å². The van der Waals surface area contributed by atoms with Crippen LogP contribution in [-0.2, 0) is 9.53 Å². The van der Waals surface area contributed by atoms with E-state index in [0.717, 1.165) is 5.56 Å². The van der Waals surface area contributed by atoms with Crippen molar-refractivity contribution in [3.63, 3.8) is 0 Å². The second-order valence-corrected chi connectivity index (χ2v) is 3.55. The third kappa shape index (κ3) is 1.55. The van der Waals surface area contributed by atoms with Crippen LogP contribution in [0.15, 0.2) is 24.3 Å². The lowest BCUT2D eigenvalue weighted by Crippen LogP contribution is -1.94. The fourth-order valence-corrected chi connectivity index (χ4v) is 1.45. The summed E-state index contributed by atoms with van der Waals surface area (Å²) < 4.78 is 5.06. The van der Waals surface area contributed by atoms with E-state index in [1.54, 1.807) is 0 Å². The first kappa shape index (κ1) is 9.00. The van der Waals surface area contributed by atoms with E-state index in [4.69, 9.17) is 4.74 Å². The van der Waals surface area contributed by atoms with E-state index in [1.807, 2.05) is 24.3 Å². The fraction of sp³-hybridized carbons (Fsp3) is 0.250. The molecule has 0 aromatic heterocycles. The molecule has 1 aromatic rings. The van der Waals surface area contributed by atoms with Crippen LogP contribution in [0.3, 0.4) is 0 Å². The Bertz CT molecular complexity index is 416. The van der Waals surface area contributed by atoms with E-state index in [1.165, 1.54) is 11.1 Å². The number of aryl methyl sites for hydroxylation is 2. The minimum atomic E-state index is -0.168. The normalized spacial score (nSPS) is 15.3. The quantitative estimate of drug-likeness (QED) is 0.633. The average molecular weight is 188 g/mol. The number of carbonyl (C=O) groups is 1. The fourth-order valence-electron chi connectivity index (χ4n) is 1.45. The second-order valence-electron chi connectivity index (χ2n) is 3.55. The molecule has 0 N–H and O–H groups in total. The zero-order valence-corrected chi connectivity index (χ0v) is 8.33. The molecule has 2 heteroatoms. The number of rotatable bonds is 1. The van der Waals surface area contributed by atoms with E-state index in [0.29, 0.717) is 12.2 Å². The zero-order valence-electron chi connectivity index (χ0n) is 8.33. The Morgan fingerprint density at radius 3 is 2.57 bits per heavy atom. The molecule has 72 valence electrons. The van der Waals surface area contributed by atoms with Gasteiger partial charge in [-0.2, -0.15) is 0 Å². The van der Waals surface area contributed by atoms with Gasteiger partial charge in [-0.1, -0.05) is 12.1 Å². The van der Waals surface area contributed by atoms with Crippen molar-refractivity contribution in [3.8, 4) is 0 Å². The van der Waals surface area contributed by atoms with E-state index in [9.17, 15) is 4.79 Å². The summed E-state index contributed by atoms with van der Waals surface area (Å²) in [5.74, 6) is 0.524. The summed E-state index contributed by atoms with van der Waals surface area (Å²) in [7, 11) is 0. The van der Waals surface area contributed by atoms with Crippen molar-refractivity contribution in [1.82, 2.24) is 0 Å². The molecule has 2 nitrogen and oxygen atoms in total. The van der Waals surface area contributed by atoms with Crippen LogP contribution in [0.25, 0.3) is 5.76 Å². The van der Waals surface area contributed by atoms with Gasteiger partial charge in [0.1, 0.15) is 5.76 Å². The highest BCUT2D eigenvalue weighted by Crippen LogP contribution is 2.24. The van der Waals surface area contributed by atoms with Crippen LogP contribution in [0, 0.1) is 13.8 Å². The average Bonchev–Trinajstić information content (AvgIpc) is 2.57. The highest BCUT2D eigenvalue weighted by atomic mass is 16.5. The number of cyclic esters (lactones) is 1. The van der Waals surface area contributed by atoms with Gasteiger partial charge in [-0.3, -0.25) is 4.79 Å². The highest BCUT2D eigenvalue weighted by molar-refractivity contribution is 5.85. The van der Waals surface area contributed by atoms with Gasteiger partial charge in [-0.25, -0.2) is 0 Å². The molecule has 14 heavy (non-hydrogen) atoms. The Balaban J connectivity index is 2.34. The summed E-state index contributed by atoms with van der Waals surface area (Å²) in [4.78, 5) is 10.9. The molecule has 0 aliphatic carbocycles. The number of hydrogen-bond acceptors (Lipinski definition) is 2. The van der Waals surface area contributed by atoms with Crippen molar-refractivity contribution >= 4 is 11.7 Å². The first-order chi connectivity index (χ1) is 6.66. The minimum absolute atomic E-state index is 0.168. The Morgan fingerprint density at radius 2 is 2.00 bits per heavy atom. The molecule has 2 rings (SSSR count). The van der Waals surface area contributed by atoms with Crippen molar-refractivity contribution in [2.75, 3.05) is 0 Å². The first-order valence-corrected chi connectivity index (χ1v) is 4.65. The predicted molar refractivity (Wildman–Crippen MR) is 54.6 cm³/mol. The molecule has 0 amide bonds. The highest BCUT2D eigenvalue weighted by Gasteiger charge is 2.15. The van der Waals surface area contributed by atoms with Crippen molar-refractivity contribution < 1.29 is 9.53 Å². The minimum Gasteiger partial charge on any atom is -0.426 e. The monoisotopic (exact) mass is 188 g/mol. The SMILES string of the molecule is Cc1ccc(C2=CCC(=O)O2)cc1C. The molecule has 0 spiro atoms. The van der Waals surface area contributed by atoms with E-state index in [-0.39, 0.29) is 5.97 Å². The Labute approximate surface area is 83.2 Å². The lowest BCUT2D eigenvalue weighted by atomic mass is 10.1. The number of esters is 1. The first-order valence-electron chi connectivity index (χ1n) is 4.65. The van der Waals surface area contributed by atoms with Crippen LogP contribution < -0.4 is 0 Å². The molecule has 0 atom stereocenters. The van der Waals surface area contributed by atoms with Crippen molar-refractivity contribution in [1.29, 1.82) is 0 Å². The molecular weight excluding hydrogens is 176 g/mol. The Hall–Kier alpha value is -1.57. The van der Waals surface area contributed by atoms with Gasteiger partial charge in [0, 0.05) is 5.56 Å². The van der Waals surface area contributed by atoms with Gasteiger partial charge in [-0.15, -0.1) is 0 Å². The molecule has 1 aromatic carbocycles. The topological polar surface area (TPSA) is 26.3 Å². The zero-order chi connectivity index (χ0) is 10.1. The lowest BCUT2D eigenvalue weighted by Gasteiger charge is -2.05. The molecule has 1 aliphatic heterocycles. The van der Waals surface area contributed by atoms with Gasteiger partial charge in [0.05, 0.1) is 6.42 Å². The van der Waals surface area contributed by atoms with Gasteiger partial charge < -0.3 is 4.74 Å². The summed E-state index contributed by atoms with van der Waals surface area (Å²) in [5.41, 5.74) is 3.45. The van der Waals surface area contributed by atoms with Crippen LogP contribution in [-0.4, -0.2) is 5.97 Å². The summed E-state index contributed by atoms with van der Waals surface area (Å²) in [6.45, 7) is 4.12. The number of hydrogen-bond donors (Lipinski definition) is 0. The van der Waals surface area contributed by atoms with E-state index >= 15 is 0 Å². The smallest absolute Gasteiger partial charge is 0.315 e. The molecule has 1 aliphatic rings. The maximum Gasteiger partial charge on any atom is 0.315 e. The molecule has 0 fully saturated rings. The summed E-state index contributed by atoms with van der Waals surface area (Å²) in [5, 5.41) is 0. The lowest BCUT2D eigenvalue weighted by molar-refractivity contribution is -0.134. The molecule has 0 saturated heterocycles. The van der Waals surface area contributed by atoms with E-state index < -0.39 is 0 Å². The van der Waals surface area contributed by atoms with Crippen LogP contribution in [0.5, 0.6) is 0 Å². The summed E-state index contributed by atoms with van der Waals surface area (Å²) in [6, 6.07) is 6.06. The van der Waals surface area contributed by atoms with Gasteiger partial charge >= 0.3 is 5.97 Å². The molecule has 1 heterocycles. The van der Waals surface area contributed by atoms with E-state index in [2.05, 4.69) is 13.8 Å². The molecule has 0 unspecified atom stereocenters. The third-order valence-corrected chi connectivity index (χ3v) is 2.47. The maximum absolute atomic E-state index is 10.9. The van der Waals surface area contributed by atoms with Gasteiger partial charge in [0.15, 0.2) is 0 Å². The Morgan fingerprint density at radius 1 is 1.21 bits per heavy atom. The molecule has 0 radical (unpaired) electrons. The molecule has 0 bridgehead atoms. The summed E-state index contributed by atoms with van der Waals surface area (Å²) in [6.07, 6.45) is 2.22. The maximum atomic E-state index is 10.9. The number of carbonyl (C=O) groups excluding carboxylic acids is 1. The second kappa shape index (κ2) is 3.29. The van der Waals surface area contributed by atoms with Gasteiger partial charge in [0.25, 0.3) is 0 Å². The summed E-state index contributed by atoms with van der Waals surface area (Å²) >= 11 is 0. The van der Waals surface area contributed by atoms with Crippen molar-refractivity contribution in [3.05, 3.63) is 41.0 Å².